The first-order chi connectivity index (χ1) is 13.2. The Kier molecular flexibility index (Phi) is 4.17. The summed E-state index contributed by atoms with van der Waals surface area (Å²) in [5.41, 5.74) is 8.50. The maximum atomic E-state index is 5.66. The molecule has 0 amide bonds. The highest BCUT2D eigenvalue weighted by molar-refractivity contribution is 5.74. The Labute approximate surface area is 154 Å². The van der Waals surface area contributed by atoms with Crippen LogP contribution in [0.2, 0.25) is 0 Å². The number of rotatable bonds is 5. The molecular weight excluding hydrogens is 346 g/mol. The van der Waals surface area contributed by atoms with Gasteiger partial charge in [-0.1, -0.05) is 0 Å². The standard InChI is InChI=1S/C18H17N7O2/c1-26-13-5-4-12(9-14(13)27-2)22-18-23-17-16(20-7-8-25(17)24-18)11-3-6-15(19)21-10-11/h3-10H,1-2H3,(H2,19,21)(H,22,24). The van der Waals surface area contributed by atoms with E-state index in [1.807, 2.05) is 24.3 Å². The molecule has 1 aromatic carbocycles. The molecule has 9 nitrogen and oxygen atoms in total. The van der Waals surface area contributed by atoms with E-state index in [2.05, 4.69) is 25.4 Å². The molecule has 27 heavy (non-hydrogen) atoms. The van der Waals surface area contributed by atoms with E-state index in [9.17, 15) is 0 Å². The van der Waals surface area contributed by atoms with Crippen molar-refractivity contribution in [2.75, 3.05) is 25.3 Å². The number of nitrogen functional groups attached to an aromatic ring is 1. The fraction of sp³-hybridized carbons (Fsp3) is 0.111. The summed E-state index contributed by atoms with van der Waals surface area (Å²) in [5.74, 6) is 2.14. The molecule has 3 heterocycles. The summed E-state index contributed by atoms with van der Waals surface area (Å²) in [7, 11) is 3.18. The first-order valence-electron chi connectivity index (χ1n) is 8.10. The highest BCUT2D eigenvalue weighted by Crippen LogP contribution is 2.31. The van der Waals surface area contributed by atoms with E-state index in [1.54, 1.807) is 43.4 Å². The molecule has 9 heteroatoms. The van der Waals surface area contributed by atoms with Gasteiger partial charge in [0.1, 0.15) is 11.5 Å². The molecule has 4 rings (SSSR count). The lowest BCUT2D eigenvalue weighted by atomic mass is 10.2. The van der Waals surface area contributed by atoms with Gasteiger partial charge in [-0.2, -0.15) is 4.98 Å². The van der Waals surface area contributed by atoms with Crippen molar-refractivity contribution < 1.29 is 9.47 Å². The Bertz CT molecular complexity index is 1090. The fourth-order valence-electron chi connectivity index (χ4n) is 2.66. The van der Waals surface area contributed by atoms with Crippen LogP contribution in [-0.2, 0) is 0 Å². The molecule has 0 atom stereocenters. The number of aromatic nitrogens is 5. The molecule has 0 radical (unpaired) electrons. The van der Waals surface area contributed by atoms with Crippen LogP contribution in [-0.4, -0.2) is 38.8 Å². The van der Waals surface area contributed by atoms with Crippen molar-refractivity contribution in [1.82, 2.24) is 24.6 Å². The van der Waals surface area contributed by atoms with E-state index in [0.717, 1.165) is 11.3 Å². The van der Waals surface area contributed by atoms with Crippen molar-refractivity contribution in [3.05, 3.63) is 48.9 Å². The highest BCUT2D eigenvalue weighted by Gasteiger charge is 2.12. The summed E-state index contributed by atoms with van der Waals surface area (Å²) in [6.07, 6.45) is 5.05. The molecule has 136 valence electrons. The molecule has 0 fully saturated rings. The summed E-state index contributed by atoms with van der Waals surface area (Å²) < 4.78 is 12.2. The molecule has 3 aromatic heterocycles. The minimum Gasteiger partial charge on any atom is -0.493 e. The van der Waals surface area contributed by atoms with Crippen LogP contribution in [0, 0.1) is 0 Å². The third-order valence-electron chi connectivity index (χ3n) is 3.95. The average molecular weight is 363 g/mol. The number of fused-ring (bicyclic) bond motifs is 1. The van der Waals surface area contributed by atoms with Crippen molar-refractivity contribution >= 4 is 23.1 Å². The summed E-state index contributed by atoms with van der Waals surface area (Å²) in [6.45, 7) is 0. The van der Waals surface area contributed by atoms with E-state index >= 15 is 0 Å². The molecule has 0 spiro atoms. The number of nitrogens with one attached hydrogen (secondary N) is 1. The van der Waals surface area contributed by atoms with Crippen LogP contribution in [0.5, 0.6) is 11.5 Å². The Hall–Kier alpha value is -3.88. The van der Waals surface area contributed by atoms with Gasteiger partial charge in [-0.25, -0.2) is 9.50 Å². The number of ether oxygens (including phenoxy) is 2. The number of pyridine rings is 1. The molecular formula is C18H17N7O2. The second kappa shape index (κ2) is 6.79. The maximum absolute atomic E-state index is 5.66. The Morgan fingerprint density at radius 3 is 2.63 bits per heavy atom. The second-order valence-corrected chi connectivity index (χ2v) is 5.65. The summed E-state index contributed by atoms with van der Waals surface area (Å²) in [5, 5.41) is 7.61. The molecule has 0 aliphatic carbocycles. The number of anilines is 3. The fourth-order valence-corrected chi connectivity index (χ4v) is 2.66. The van der Waals surface area contributed by atoms with Gasteiger partial charge in [-0.3, -0.25) is 4.98 Å². The molecule has 0 unspecified atom stereocenters. The first-order valence-corrected chi connectivity index (χ1v) is 8.10. The van der Waals surface area contributed by atoms with E-state index in [4.69, 9.17) is 15.2 Å². The van der Waals surface area contributed by atoms with Crippen LogP contribution in [0.1, 0.15) is 0 Å². The van der Waals surface area contributed by atoms with Gasteiger partial charge in [-0.15, -0.1) is 5.10 Å². The highest BCUT2D eigenvalue weighted by atomic mass is 16.5. The largest absolute Gasteiger partial charge is 0.493 e. The lowest BCUT2D eigenvalue weighted by Crippen LogP contribution is -1.96. The van der Waals surface area contributed by atoms with Gasteiger partial charge in [0, 0.05) is 35.9 Å². The number of nitrogens with zero attached hydrogens (tertiary/aromatic N) is 5. The predicted molar refractivity (Wildman–Crippen MR) is 101 cm³/mol. The first kappa shape index (κ1) is 16.6. The minimum absolute atomic E-state index is 0.430. The van der Waals surface area contributed by atoms with Crippen molar-refractivity contribution in [3.63, 3.8) is 0 Å². The third-order valence-corrected chi connectivity index (χ3v) is 3.95. The van der Waals surface area contributed by atoms with Gasteiger partial charge >= 0.3 is 0 Å². The lowest BCUT2D eigenvalue weighted by Gasteiger charge is -2.09. The SMILES string of the molecule is COc1ccc(Nc2nc3c(-c4ccc(N)nc4)nccn3n2)cc1OC. The molecule has 0 aliphatic rings. The van der Waals surface area contributed by atoms with E-state index in [-0.39, 0.29) is 0 Å². The van der Waals surface area contributed by atoms with Crippen LogP contribution in [0.15, 0.2) is 48.9 Å². The van der Waals surface area contributed by atoms with E-state index in [0.29, 0.717) is 34.6 Å². The van der Waals surface area contributed by atoms with Gasteiger partial charge in [0.05, 0.1) is 14.2 Å². The number of nitrogens with two attached hydrogens (primary N) is 1. The van der Waals surface area contributed by atoms with Crippen LogP contribution >= 0.6 is 0 Å². The molecule has 0 saturated heterocycles. The van der Waals surface area contributed by atoms with Crippen molar-refractivity contribution in [2.24, 2.45) is 0 Å². The third kappa shape index (κ3) is 3.17. The lowest BCUT2D eigenvalue weighted by molar-refractivity contribution is 0.355. The van der Waals surface area contributed by atoms with Gasteiger partial charge in [0.2, 0.25) is 5.95 Å². The van der Waals surface area contributed by atoms with E-state index in [1.165, 1.54) is 0 Å². The smallest absolute Gasteiger partial charge is 0.247 e. The maximum Gasteiger partial charge on any atom is 0.247 e. The number of hydrogen-bond acceptors (Lipinski definition) is 8. The zero-order valence-corrected chi connectivity index (χ0v) is 14.7. The van der Waals surface area contributed by atoms with Crippen LogP contribution in [0.4, 0.5) is 17.5 Å². The molecule has 0 bridgehead atoms. The van der Waals surface area contributed by atoms with Crippen LogP contribution in [0.3, 0.4) is 0 Å². The Morgan fingerprint density at radius 1 is 1.04 bits per heavy atom. The van der Waals surface area contributed by atoms with Gasteiger partial charge in [-0.05, 0) is 24.3 Å². The summed E-state index contributed by atoms with van der Waals surface area (Å²) >= 11 is 0. The average Bonchev–Trinajstić information content (AvgIpc) is 3.11. The van der Waals surface area contributed by atoms with Crippen molar-refractivity contribution in [2.45, 2.75) is 0 Å². The minimum atomic E-state index is 0.430. The predicted octanol–water partition coefficient (Wildman–Crippen LogP) is 2.53. The van der Waals surface area contributed by atoms with Gasteiger partial charge < -0.3 is 20.5 Å². The summed E-state index contributed by atoms with van der Waals surface area (Å²) in [6, 6.07) is 9.05. The van der Waals surface area contributed by atoms with E-state index < -0.39 is 0 Å². The number of benzene rings is 1. The molecule has 4 aromatic rings. The quantitative estimate of drug-likeness (QED) is 0.556. The Morgan fingerprint density at radius 2 is 1.89 bits per heavy atom. The monoisotopic (exact) mass is 363 g/mol. The Balaban J connectivity index is 1.70. The molecule has 0 saturated carbocycles. The van der Waals surface area contributed by atoms with Crippen LogP contribution < -0.4 is 20.5 Å². The second-order valence-electron chi connectivity index (χ2n) is 5.65. The summed E-state index contributed by atoms with van der Waals surface area (Å²) in [4.78, 5) is 13.1. The normalized spacial score (nSPS) is 10.7. The number of hydrogen-bond donors (Lipinski definition) is 2. The molecule has 3 N–H and O–H groups in total. The topological polar surface area (TPSA) is 112 Å². The zero-order valence-electron chi connectivity index (χ0n) is 14.7. The van der Waals surface area contributed by atoms with Gasteiger partial charge in [0.25, 0.3) is 0 Å². The van der Waals surface area contributed by atoms with Crippen molar-refractivity contribution in [1.29, 1.82) is 0 Å². The van der Waals surface area contributed by atoms with Crippen LogP contribution in [0.25, 0.3) is 16.9 Å². The zero-order chi connectivity index (χ0) is 18.8. The van der Waals surface area contributed by atoms with Gasteiger partial charge in [0.15, 0.2) is 17.1 Å². The van der Waals surface area contributed by atoms with Crippen molar-refractivity contribution in [3.8, 4) is 22.8 Å². The number of methoxy groups -OCH3 is 2. The molecule has 0 aliphatic heterocycles.